The average molecular weight is 381 g/mol. The third-order valence-corrected chi connectivity index (χ3v) is 4.86. The Morgan fingerprint density at radius 2 is 2.04 bits per heavy atom. The zero-order chi connectivity index (χ0) is 19.9. The van der Waals surface area contributed by atoms with Crippen LogP contribution in [0.2, 0.25) is 0 Å². The minimum absolute atomic E-state index is 0.778. The Balaban J connectivity index is 1.49. The fraction of sp³-hybridized carbons (Fsp3) is 0.455. The lowest BCUT2D eigenvalue weighted by molar-refractivity contribution is 0.567. The lowest BCUT2D eigenvalue weighted by Gasteiger charge is -2.11. The molecule has 0 spiro atoms. The lowest BCUT2D eigenvalue weighted by atomic mass is 10.1. The Kier molecular flexibility index (Phi) is 6.74. The summed E-state index contributed by atoms with van der Waals surface area (Å²) >= 11 is 0. The van der Waals surface area contributed by atoms with Crippen LogP contribution in [0.1, 0.15) is 35.9 Å². The standard InChI is InChI=1S/C22H32N6/c1-5-23-22(24-10-6-12-28-18(4)14-17(3)27-28)25-11-9-19-15-26-21-13-16(2)7-8-20(19)21/h7-8,13-15,26H,5-6,9-12H2,1-4H3,(H2,23,24,25). The van der Waals surface area contributed by atoms with Crippen molar-refractivity contribution >= 4 is 16.9 Å². The zero-order valence-corrected chi connectivity index (χ0v) is 17.5. The van der Waals surface area contributed by atoms with E-state index in [1.807, 2.05) is 6.92 Å². The number of aromatic nitrogens is 3. The number of guanidine groups is 1. The second-order valence-electron chi connectivity index (χ2n) is 7.30. The van der Waals surface area contributed by atoms with Crippen molar-refractivity contribution in [3.8, 4) is 0 Å². The highest BCUT2D eigenvalue weighted by Crippen LogP contribution is 2.19. The molecule has 0 bridgehead atoms. The third-order valence-electron chi connectivity index (χ3n) is 4.86. The molecule has 0 atom stereocenters. The third kappa shape index (κ3) is 5.15. The molecule has 0 aliphatic carbocycles. The quantitative estimate of drug-likeness (QED) is 0.318. The van der Waals surface area contributed by atoms with Gasteiger partial charge in [0, 0.05) is 49.0 Å². The highest BCUT2D eigenvalue weighted by molar-refractivity contribution is 5.84. The predicted octanol–water partition coefficient (Wildman–Crippen LogP) is 3.48. The monoisotopic (exact) mass is 380 g/mol. The Morgan fingerprint density at radius 3 is 2.79 bits per heavy atom. The van der Waals surface area contributed by atoms with Crippen LogP contribution < -0.4 is 10.6 Å². The number of fused-ring (bicyclic) bond motifs is 1. The molecule has 6 heteroatoms. The van der Waals surface area contributed by atoms with Gasteiger partial charge in [0.15, 0.2) is 5.96 Å². The van der Waals surface area contributed by atoms with Gasteiger partial charge in [0.1, 0.15) is 0 Å². The maximum absolute atomic E-state index is 4.70. The lowest BCUT2D eigenvalue weighted by Crippen LogP contribution is -2.38. The molecule has 2 aromatic heterocycles. The molecule has 0 amide bonds. The topological polar surface area (TPSA) is 70.0 Å². The number of aliphatic imine (C=N–C) groups is 1. The molecule has 0 saturated heterocycles. The smallest absolute Gasteiger partial charge is 0.191 e. The van der Waals surface area contributed by atoms with E-state index < -0.39 is 0 Å². The van der Waals surface area contributed by atoms with Crippen molar-refractivity contribution in [2.45, 2.75) is 47.1 Å². The Bertz CT molecular complexity index is 934. The molecular weight excluding hydrogens is 348 g/mol. The van der Waals surface area contributed by atoms with Crippen molar-refractivity contribution in [2.24, 2.45) is 4.99 Å². The molecule has 6 nitrogen and oxygen atoms in total. The van der Waals surface area contributed by atoms with Crippen molar-refractivity contribution in [3.63, 3.8) is 0 Å². The first kappa shape index (κ1) is 20.0. The molecule has 0 unspecified atom stereocenters. The highest BCUT2D eigenvalue weighted by atomic mass is 15.3. The van der Waals surface area contributed by atoms with Crippen molar-refractivity contribution in [2.75, 3.05) is 19.6 Å². The first-order valence-corrected chi connectivity index (χ1v) is 10.2. The van der Waals surface area contributed by atoms with Gasteiger partial charge in [-0.1, -0.05) is 12.1 Å². The molecule has 3 aromatic rings. The molecule has 0 radical (unpaired) electrons. The molecule has 0 fully saturated rings. The summed E-state index contributed by atoms with van der Waals surface area (Å²) in [6.45, 7) is 11.7. The predicted molar refractivity (Wildman–Crippen MR) is 117 cm³/mol. The number of benzene rings is 1. The first-order chi connectivity index (χ1) is 13.6. The van der Waals surface area contributed by atoms with Crippen LogP contribution in [0.5, 0.6) is 0 Å². The Morgan fingerprint density at radius 1 is 1.18 bits per heavy atom. The van der Waals surface area contributed by atoms with E-state index in [0.29, 0.717) is 0 Å². The van der Waals surface area contributed by atoms with E-state index in [4.69, 9.17) is 4.99 Å². The van der Waals surface area contributed by atoms with Gasteiger partial charge in [-0.15, -0.1) is 0 Å². The van der Waals surface area contributed by atoms with Crippen LogP contribution in [-0.4, -0.2) is 40.4 Å². The molecular formula is C22H32N6. The van der Waals surface area contributed by atoms with Crippen molar-refractivity contribution < 1.29 is 0 Å². The minimum atomic E-state index is 0.778. The number of nitrogens with zero attached hydrogens (tertiary/aromatic N) is 3. The van der Waals surface area contributed by atoms with Gasteiger partial charge in [-0.25, -0.2) is 0 Å². The number of aryl methyl sites for hydroxylation is 4. The van der Waals surface area contributed by atoms with Gasteiger partial charge >= 0.3 is 0 Å². The summed E-state index contributed by atoms with van der Waals surface area (Å²) in [4.78, 5) is 8.08. The van der Waals surface area contributed by atoms with E-state index in [9.17, 15) is 0 Å². The van der Waals surface area contributed by atoms with E-state index in [0.717, 1.165) is 50.7 Å². The summed E-state index contributed by atoms with van der Waals surface area (Å²) < 4.78 is 2.06. The first-order valence-electron chi connectivity index (χ1n) is 10.2. The summed E-state index contributed by atoms with van der Waals surface area (Å²) in [6.07, 6.45) is 4.05. The van der Waals surface area contributed by atoms with Gasteiger partial charge in [0.05, 0.1) is 5.69 Å². The number of hydrogen-bond donors (Lipinski definition) is 3. The fourth-order valence-corrected chi connectivity index (χ4v) is 3.48. The minimum Gasteiger partial charge on any atom is -0.361 e. The highest BCUT2D eigenvalue weighted by Gasteiger charge is 2.05. The summed E-state index contributed by atoms with van der Waals surface area (Å²) in [7, 11) is 0. The van der Waals surface area contributed by atoms with Gasteiger partial charge < -0.3 is 15.6 Å². The van der Waals surface area contributed by atoms with Crippen molar-refractivity contribution in [1.82, 2.24) is 25.4 Å². The Hall–Kier alpha value is -2.76. The number of aromatic amines is 1. The molecule has 150 valence electrons. The molecule has 0 saturated carbocycles. The summed E-state index contributed by atoms with van der Waals surface area (Å²) in [5, 5.41) is 12.6. The summed E-state index contributed by atoms with van der Waals surface area (Å²) in [5.74, 6) is 0.881. The summed E-state index contributed by atoms with van der Waals surface area (Å²) in [5.41, 5.74) is 6.10. The molecule has 0 aliphatic heterocycles. The van der Waals surface area contributed by atoms with Gasteiger partial charge in [-0.05, 0) is 63.8 Å². The van der Waals surface area contributed by atoms with Gasteiger partial charge in [-0.2, -0.15) is 5.10 Å². The van der Waals surface area contributed by atoms with Gasteiger partial charge in [-0.3, -0.25) is 9.67 Å². The van der Waals surface area contributed by atoms with Crippen LogP contribution in [0.3, 0.4) is 0 Å². The molecule has 3 N–H and O–H groups in total. The van der Waals surface area contributed by atoms with E-state index in [1.54, 1.807) is 0 Å². The summed E-state index contributed by atoms with van der Waals surface area (Å²) in [6, 6.07) is 8.68. The van der Waals surface area contributed by atoms with Crippen LogP contribution in [0.25, 0.3) is 10.9 Å². The van der Waals surface area contributed by atoms with Gasteiger partial charge in [0.25, 0.3) is 0 Å². The molecule has 1 aromatic carbocycles. The number of nitrogens with one attached hydrogen (secondary N) is 3. The molecule has 3 rings (SSSR count). The Labute approximate surface area is 167 Å². The van der Waals surface area contributed by atoms with Crippen LogP contribution in [-0.2, 0) is 13.0 Å². The largest absolute Gasteiger partial charge is 0.361 e. The van der Waals surface area contributed by atoms with E-state index in [1.165, 1.54) is 27.7 Å². The van der Waals surface area contributed by atoms with E-state index in [-0.39, 0.29) is 0 Å². The fourth-order valence-electron chi connectivity index (χ4n) is 3.48. The molecule has 28 heavy (non-hydrogen) atoms. The van der Waals surface area contributed by atoms with E-state index in [2.05, 4.69) is 76.6 Å². The number of hydrogen-bond acceptors (Lipinski definition) is 2. The zero-order valence-electron chi connectivity index (χ0n) is 17.5. The van der Waals surface area contributed by atoms with Crippen LogP contribution >= 0.6 is 0 Å². The van der Waals surface area contributed by atoms with Crippen LogP contribution in [0.15, 0.2) is 35.5 Å². The number of rotatable bonds is 8. The van der Waals surface area contributed by atoms with Crippen molar-refractivity contribution in [1.29, 1.82) is 0 Å². The van der Waals surface area contributed by atoms with Crippen LogP contribution in [0.4, 0.5) is 0 Å². The molecule has 2 heterocycles. The SMILES string of the molecule is CCNC(=NCCCn1nc(C)cc1C)NCCc1c[nH]c2cc(C)ccc12. The second kappa shape index (κ2) is 9.44. The maximum atomic E-state index is 4.70. The normalized spacial score (nSPS) is 11.9. The van der Waals surface area contributed by atoms with Gasteiger partial charge in [0.2, 0.25) is 0 Å². The van der Waals surface area contributed by atoms with Crippen molar-refractivity contribution in [3.05, 3.63) is 53.0 Å². The second-order valence-corrected chi connectivity index (χ2v) is 7.30. The number of H-pyrrole nitrogens is 1. The maximum Gasteiger partial charge on any atom is 0.191 e. The average Bonchev–Trinajstić information content (AvgIpc) is 3.20. The molecule has 0 aliphatic rings. The van der Waals surface area contributed by atoms with E-state index >= 15 is 0 Å². The van der Waals surface area contributed by atoms with Crippen LogP contribution in [0, 0.1) is 20.8 Å².